The van der Waals surface area contributed by atoms with E-state index in [1.807, 2.05) is 13.0 Å². The number of amides is 1. The molecule has 2 rings (SSSR count). The maximum Gasteiger partial charge on any atom is 0.261 e. The number of halogens is 2. The van der Waals surface area contributed by atoms with E-state index in [4.69, 9.17) is 33.2 Å². The number of nitrogens with one attached hydrogen (secondary N) is 1. The maximum atomic E-state index is 12.3. The highest BCUT2D eigenvalue weighted by atomic mass is 35.5. The van der Waals surface area contributed by atoms with Crippen LogP contribution < -0.4 is 10.1 Å². The van der Waals surface area contributed by atoms with Crippen LogP contribution in [-0.2, 0) is 4.79 Å². The summed E-state index contributed by atoms with van der Waals surface area (Å²) in [5, 5.41) is 12.8. The zero-order valence-electron chi connectivity index (χ0n) is 13.2. The average molecular weight is 363 g/mol. The van der Waals surface area contributed by atoms with Crippen molar-refractivity contribution in [1.82, 2.24) is 5.32 Å². The van der Waals surface area contributed by atoms with Crippen LogP contribution in [0.2, 0.25) is 10.0 Å². The van der Waals surface area contributed by atoms with Crippen molar-refractivity contribution >= 4 is 29.1 Å². The fourth-order valence-corrected chi connectivity index (χ4v) is 2.73. The first kappa shape index (κ1) is 18.1. The molecule has 0 saturated carbocycles. The van der Waals surface area contributed by atoms with Crippen molar-refractivity contribution in [2.45, 2.75) is 26.0 Å². The van der Waals surface area contributed by atoms with Gasteiger partial charge in [-0.05, 0) is 49.7 Å². The predicted molar refractivity (Wildman–Crippen MR) is 94.3 cm³/mol. The van der Waals surface area contributed by atoms with Gasteiger partial charge < -0.3 is 10.1 Å². The van der Waals surface area contributed by atoms with Gasteiger partial charge in [0.05, 0.1) is 17.7 Å². The lowest BCUT2D eigenvalue weighted by atomic mass is 10.1. The lowest BCUT2D eigenvalue weighted by Gasteiger charge is -2.20. The van der Waals surface area contributed by atoms with Crippen LogP contribution in [0.25, 0.3) is 0 Å². The Morgan fingerprint density at radius 2 is 1.96 bits per heavy atom. The number of hydrogen-bond acceptors (Lipinski definition) is 3. The molecule has 2 aromatic rings. The van der Waals surface area contributed by atoms with Gasteiger partial charge in [-0.15, -0.1) is 0 Å². The molecule has 6 heteroatoms. The molecule has 0 radical (unpaired) electrons. The predicted octanol–water partition coefficient (Wildman–Crippen LogP) is 4.51. The van der Waals surface area contributed by atoms with Gasteiger partial charge in [0.25, 0.3) is 5.91 Å². The summed E-state index contributed by atoms with van der Waals surface area (Å²) in [6, 6.07) is 13.5. The van der Waals surface area contributed by atoms with Crippen molar-refractivity contribution in [3.63, 3.8) is 0 Å². The summed E-state index contributed by atoms with van der Waals surface area (Å²) in [5.74, 6) is 0.185. The minimum absolute atomic E-state index is 0.282. The molecule has 0 aliphatic carbocycles. The number of nitrogens with zero attached hydrogens (tertiary/aromatic N) is 1. The van der Waals surface area contributed by atoms with Gasteiger partial charge in [-0.1, -0.05) is 35.3 Å². The largest absolute Gasteiger partial charge is 0.481 e. The number of hydrogen-bond donors (Lipinski definition) is 1. The zero-order valence-corrected chi connectivity index (χ0v) is 14.7. The Kier molecular flexibility index (Phi) is 6.08. The van der Waals surface area contributed by atoms with E-state index in [1.54, 1.807) is 49.4 Å². The van der Waals surface area contributed by atoms with E-state index >= 15 is 0 Å². The van der Waals surface area contributed by atoms with Gasteiger partial charge in [-0.25, -0.2) is 0 Å². The smallest absolute Gasteiger partial charge is 0.261 e. The van der Waals surface area contributed by atoms with E-state index in [9.17, 15) is 4.79 Å². The number of carbonyl (C=O) groups is 1. The quantitative estimate of drug-likeness (QED) is 0.850. The molecule has 0 fully saturated rings. The van der Waals surface area contributed by atoms with Gasteiger partial charge in [0, 0.05) is 10.0 Å². The van der Waals surface area contributed by atoms with E-state index < -0.39 is 6.10 Å². The molecule has 0 bridgehead atoms. The van der Waals surface area contributed by atoms with E-state index in [0.29, 0.717) is 21.4 Å². The molecule has 0 saturated heterocycles. The van der Waals surface area contributed by atoms with Gasteiger partial charge >= 0.3 is 0 Å². The molecule has 1 N–H and O–H groups in total. The highest BCUT2D eigenvalue weighted by molar-refractivity contribution is 6.35. The third-order valence-electron chi connectivity index (χ3n) is 3.43. The van der Waals surface area contributed by atoms with Crippen molar-refractivity contribution in [1.29, 1.82) is 5.26 Å². The first-order valence-electron chi connectivity index (χ1n) is 7.33. The molecule has 4 nitrogen and oxygen atoms in total. The molecule has 2 atom stereocenters. The van der Waals surface area contributed by atoms with Crippen LogP contribution in [0.1, 0.15) is 31.0 Å². The van der Waals surface area contributed by atoms with Crippen LogP contribution in [0, 0.1) is 11.3 Å². The Morgan fingerprint density at radius 1 is 1.21 bits per heavy atom. The monoisotopic (exact) mass is 362 g/mol. The number of carbonyl (C=O) groups excluding carboxylic acids is 1. The van der Waals surface area contributed by atoms with Crippen molar-refractivity contribution in [3.8, 4) is 11.8 Å². The molecular weight excluding hydrogens is 347 g/mol. The maximum absolute atomic E-state index is 12.3. The summed E-state index contributed by atoms with van der Waals surface area (Å²) >= 11 is 12.0. The molecule has 0 aliphatic heterocycles. The second kappa shape index (κ2) is 8.05. The topological polar surface area (TPSA) is 62.1 Å². The van der Waals surface area contributed by atoms with Gasteiger partial charge in [-0.3, -0.25) is 4.79 Å². The standard InChI is InChI=1S/C18H16Cl2N2O2/c1-11(16-7-6-14(19)9-17(16)20)22-18(23)12(2)24-15-5-3-4-13(8-15)10-21/h3-9,11-12H,1-2H3,(H,22,23). The second-order valence-corrected chi connectivity index (χ2v) is 6.14. The highest BCUT2D eigenvalue weighted by Gasteiger charge is 2.19. The molecule has 2 aromatic carbocycles. The Hall–Kier alpha value is -2.22. The van der Waals surface area contributed by atoms with E-state index in [1.165, 1.54) is 0 Å². The normalized spacial score (nSPS) is 12.8. The number of nitriles is 1. The van der Waals surface area contributed by atoms with E-state index in [2.05, 4.69) is 5.32 Å². The lowest BCUT2D eigenvalue weighted by molar-refractivity contribution is -0.127. The number of ether oxygens (including phenoxy) is 1. The van der Waals surface area contributed by atoms with Crippen LogP contribution in [0.3, 0.4) is 0 Å². The summed E-state index contributed by atoms with van der Waals surface area (Å²) in [7, 11) is 0. The Bertz CT molecular complexity index is 787. The minimum atomic E-state index is -0.715. The second-order valence-electron chi connectivity index (χ2n) is 5.30. The van der Waals surface area contributed by atoms with Crippen LogP contribution >= 0.6 is 23.2 Å². The summed E-state index contributed by atoms with van der Waals surface area (Å²) in [5.41, 5.74) is 1.24. The van der Waals surface area contributed by atoms with Crippen molar-refractivity contribution in [2.75, 3.05) is 0 Å². The zero-order chi connectivity index (χ0) is 17.7. The molecule has 1 amide bonds. The summed E-state index contributed by atoms with van der Waals surface area (Å²) < 4.78 is 5.59. The van der Waals surface area contributed by atoms with Crippen LogP contribution in [-0.4, -0.2) is 12.0 Å². The minimum Gasteiger partial charge on any atom is -0.481 e. The third kappa shape index (κ3) is 4.64. The molecule has 0 aliphatic rings. The molecular formula is C18H16Cl2N2O2. The first-order chi connectivity index (χ1) is 11.4. The molecule has 24 heavy (non-hydrogen) atoms. The molecule has 0 spiro atoms. The Morgan fingerprint density at radius 3 is 2.62 bits per heavy atom. The van der Waals surface area contributed by atoms with Gasteiger partial charge in [0.1, 0.15) is 5.75 Å². The van der Waals surface area contributed by atoms with Crippen LogP contribution in [0.4, 0.5) is 0 Å². The molecule has 0 heterocycles. The summed E-state index contributed by atoms with van der Waals surface area (Å²) in [6.45, 7) is 3.47. The number of rotatable bonds is 5. The van der Waals surface area contributed by atoms with Gasteiger partial charge in [0.15, 0.2) is 6.10 Å². The molecule has 2 unspecified atom stereocenters. The van der Waals surface area contributed by atoms with E-state index in [-0.39, 0.29) is 11.9 Å². The van der Waals surface area contributed by atoms with Gasteiger partial charge in [-0.2, -0.15) is 5.26 Å². The van der Waals surface area contributed by atoms with Gasteiger partial charge in [0.2, 0.25) is 0 Å². The van der Waals surface area contributed by atoms with Crippen LogP contribution in [0.5, 0.6) is 5.75 Å². The summed E-state index contributed by atoms with van der Waals surface area (Å²) in [4.78, 5) is 12.3. The lowest BCUT2D eigenvalue weighted by Crippen LogP contribution is -2.37. The third-order valence-corrected chi connectivity index (χ3v) is 4.00. The Labute approximate surface area is 151 Å². The van der Waals surface area contributed by atoms with Crippen molar-refractivity contribution in [2.24, 2.45) is 0 Å². The fourth-order valence-electron chi connectivity index (χ4n) is 2.16. The highest BCUT2D eigenvalue weighted by Crippen LogP contribution is 2.26. The summed E-state index contributed by atoms with van der Waals surface area (Å²) in [6.07, 6.45) is -0.715. The SMILES string of the molecule is CC(Oc1cccc(C#N)c1)C(=O)NC(C)c1ccc(Cl)cc1Cl. The average Bonchev–Trinajstić information content (AvgIpc) is 2.54. The Balaban J connectivity index is 2.01. The number of benzene rings is 2. The fraction of sp³-hybridized carbons (Fsp3) is 0.222. The van der Waals surface area contributed by atoms with Crippen LogP contribution in [0.15, 0.2) is 42.5 Å². The first-order valence-corrected chi connectivity index (χ1v) is 8.08. The van der Waals surface area contributed by atoms with E-state index in [0.717, 1.165) is 5.56 Å². The molecule has 0 aromatic heterocycles. The van der Waals surface area contributed by atoms with Crippen molar-refractivity contribution < 1.29 is 9.53 Å². The molecule has 124 valence electrons. The van der Waals surface area contributed by atoms with Crippen molar-refractivity contribution in [3.05, 3.63) is 63.6 Å².